The molecular weight excluding hydrogens is 256 g/mol. The van der Waals surface area contributed by atoms with E-state index in [0.717, 1.165) is 18.5 Å². The Balaban J connectivity index is 2.01. The Morgan fingerprint density at radius 1 is 1.30 bits per heavy atom. The van der Waals surface area contributed by atoms with Crippen LogP contribution in [0, 0.1) is 0 Å². The molecule has 1 aromatic carbocycles. The standard InChI is InChI=1S/C15H16N2O3/c18-7-6-12-9-17(16-14(12)15(19)20)13-5-4-10-2-1-3-11(10)8-13/h4-5,8-9,18H,1-3,6-7H2,(H,19,20). The van der Waals surface area contributed by atoms with Crippen LogP contribution in [0.25, 0.3) is 5.69 Å². The number of aliphatic hydroxyl groups is 1. The van der Waals surface area contributed by atoms with Gasteiger partial charge in [0, 0.05) is 18.4 Å². The van der Waals surface area contributed by atoms with E-state index in [1.807, 2.05) is 6.07 Å². The summed E-state index contributed by atoms with van der Waals surface area (Å²) in [4.78, 5) is 11.2. The fourth-order valence-corrected chi connectivity index (χ4v) is 2.73. The fourth-order valence-electron chi connectivity index (χ4n) is 2.73. The number of carboxylic acids is 1. The van der Waals surface area contributed by atoms with Crippen molar-refractivity contribution in [2.24, 2.45) is 0 Å². The third kappa shape index (κ3) is 2.20. The molecule has 0 unspecified atom stereocenters. The topological polar surface area (TPSA) is 75.3 Å². The lowest BCUT2D eigenvalue weighted by atomic mass is 10.1. The first-order chi connectivity index (χ1) is 9.69. The number of aryl methyl sites for hydroxylation is 2. The van der Waals surface area contributed by atoms with Crippen molar-refractivity contribution >= 4 is 5.97 Å². The first-order valence-electron chi connectivity index (χ1n) is 6.74. The molecule has 2 N–H and O–H groups in total. The summed E-state index contributed by atoms with van der Waals surface area (Å²) in [6.45, 7) is -0.0871. The summed E-state index contributed by atoms with van der Waals surface area (Å²) >= 11 is 0. The molecule has 0 atom stereocenters. The molecule has 0 saturated heterocycles. The molecule has 0 bridgehead atoms. The van der Waals surface area contributed by atoms with Gasteiger partial charge in [-0.3, -0.25) is 0 Å². The predicted octanol–water partition coefficient (Wildman–Crippen LogP) is 1.59. The van der Waals surface area contributed by atoms with Crippen molar-refractivity contribution in [3.05, 3.63) is 46.8 Å². The highest BCUT2D eigenvalue weighted by Gasteiger charge is 2.17. The molecule has 5 heteroatoms. The van der Waals surface area contributed by atoms with Gasteiger partial charge in [-0.15, -0.1) is 0 Å². The molecule has 1 aromatic heterocycles. The van der Waals surface area contributed by atoms with E-state index in [0.29, 0.717) is 12.0 Å². The summed E-state index contributed by atoms with van der Waals surface area (Å²) in [5.41, 5.74) is 4.13. The Morgan fingerprint density at radius 2 is 2.10 bits per heavy atom. The molecule has 3 rings (SSSR count). The van der Waals surface area contributed by atoms with Crippen LogP contribution in [0.2, 0.25) is 0 Å². The van der Waals surface area contributed by atoms with Gasteiger partial charge in [-0.1, -0.05) is 6.07 Å². The zero-order valence-electron chi connectivity index (χ0n) is 11.0. The van der Waals surface area contributed by atoms with Crippen LogP contribution >= 0.6 is 0 Å². The van der Waals surface area contributed by atoms with Crippen molar-refractivity contribution in [2.75, 3.05) is 6.61 Å². The zero-order valence-corrected chi connectivity index (χ0v) is 11.0. The first-order valence-corrected chi connectivity index (χ1v) is 6.74. The van der Waals surface area contributed by atoms with Crippen molar-refractivity contribution < 1.29 is 15.0 Å². The molecular formula is C15H16N2O3. The Labute approximate surface area is 116 Å². The summed E-state index contributed by atoms with van der Waals surface area (Å²) in [5.74, 6) is -1.06. The average Bonchev–Trinajstić information content (AvgIpc) is 3.04. The van der Waals surface area contributed by atoms with Gasteiger partial charge < -0.3 is 10.2 Å². The molecule has 0 fully saturated rings. The van der Waals surface area contributed by atoms with E-state index in [2.05, 4.69) is 17.2 Å². The molecule has 20 heavy (non-hydrogen) atoms. The van der Waals surface area contributed by atoms with Crippen LogP contribution in [0.5, 0.6) is 0 Å². The lowest BCUT2D eigenvalue weighted by Crippen LogP contribution is -2.04. The maximum absolute atomic E-state index is 11.2. The number of benzene rings is 1. The Bertz CT molecular complexity index is 661. The Morgan fingerprint density at radius 3 is 2.85 bits per heavy atom. The van der Waals surface area contributed by atoms with Crippen molar-refractivity contribution in [2.45, 2.75) is 25.7 Å². The molecule has 1 heterocycles. The lowest BCUT2D eigenvalue weighted by molar-refractivity contribution is 0.0688. The highest BCUT2D eigenvalue weighted by Crippen LogP contribution is 2.24. The van der Waals surface area contributed by atoms with Gasteiger partial charge in [-0.25, -0.2) is 9.48 Å². The number of aromatic carboxylic acids is 1. The van der Waals surface area contributed by atoms with Gasteiger partial charge in [0.2, 0.25) is 0 Å². The second-order valence-corrected chi connectivity index (χ2v) is 5.03. The average molecular weight is 272 g/mol. The summed E-state index contributed by atoms with van der Waals surface area (Å²) < 4.78 is 1.59. The van der Waals surface area contributed by atoms with Crippen LogP contribution in [-0.4, -0.2) is 32.6 Å². The minimum Gasteiger partial charge on any atom is -0.476 e. The maximum atomic E-state index is 11.2. The van der Waals surface area contributed by atoms with Crippen molar-refractivity contribution in [1.82, 2.24) is 9.78 Å². The molecule has 0 radical (unpaired) electrons. The highest BCUT2D eigenvalue weighted by atomic mass is 16.4. The number of hydrogen-bond acceptors (Lipinski definition) is 3. The van der Waals surface area contributed by atoms with E-state index in [-0.39, 0.29) is 12.3 Å². The van der Waals surface area contributed by atoms with Gasteiger partial charge in [-0.2, -0.15) is 5.10 Å². The number of rotatable bonds is 4. The Hall–Kier alpha value is -2.14. The predicted molar refractivity (Wildman–Crippen MR) is 73.3 cm³/mol. The van der Waals surface area contributed by atoms with Crippen LogP contribution in [0.1, 0.15) is 33.6 Å². The number of aromatic nitrogens is 2. The van der Waals surface area contributed by atoms with E-state index in [4.69, 9.17) is 10.2 Å². The van der Waals surface area contributed by atoms with E-state index in [1.54, 1.807) is 10.9 Å². The monoisotopic (exact) mass is 272 g/mol. The highest BCUT2D eigenvalue weighted by molar-refractivity contribution is 5.87. The second kappa shape index (κ2) is 5.09. The molecule has 0 saturated carbocycles. The van der Waals surface area contributed by atoms with Crippen LogP contribution in [0.3, 0.4) is 0 Å². The van der Waals surface area contributed by atoms with E-state index >= 15 is 0 Å². The van der Waals surface area contributed by atoms with Crippen molar-refractivity contribution in [3.8, 4) is 5.69 Å². The number of nitrogens with zero attached hydrogens (tertiary/aromatic N) is 2. The zero-order chi connectivity index (χ0) is 14.1. The van der Waals surface area contributed by atoms with E-state index < -0.39 is 5.97 Å². The van der Waals surface area contributed by atoms with Gasteiger partial charge in [-0.05, 0) is 48.9 Å². The summed E-state index contributed by atoms with van der Waals surface area (Å²) in [5, 5.41) is 22.3. The number of aliphatic hydroxyl groups excluding tert-OH is 1. The quantitative estimate of drug-likeness (QED) is 0.886. The van der Waals surface area contributed by atoms with Gasteiger partial charge in [0.25, 0.3) is 0 Å². The van der Waals surface area contributed by atoms with Gasteiger partial charge >= 0.3 is 5.97 Å². The van der Waals surface area contributed by atoms with Crippen LogP contribution < -0.4 is 0 Å². The number of carbonyl (C=O) groups is 1. The van der Waals surface area contributed by atoms with Gasteiger partial charge in [0.15, 0.2) is 5.69 Å². The molecule has 0 aliphatic heterocycles. The minimum absolute atomic E-state index is 0.0135. The van der Waals surface area contributed by atoms with Crippen LogP contribution in [0.15, 0.2) is 24.4 Å². The summed E-state index contributed by atoms with van der Waals surface area (Å²) in [6.07, 6.45) is 5.35. The van der Waals surface area contributed by atoms with Gasteiger partial charge in [0.05, 0.1) is 5.69 Å². The first kappa shape index (κ1) is 12.9. The van der Waals surface area contributed by atoms with Crippen molar-refractivity contribution in [1.29, 1.82) is 0 Å². The molecule has 0 amide bonds. The molecule has 2 aromatic rings. The largest absolute Gasteiger partial charge is 0.476 e. The maximum Gasteiger partial charge on any atom is 0.356 e. The number of hydrogen-bond donors (Lipinski definition) is 2. The normalized spacial score (nSPS) is 13.4. The second-order valence-electron chi connectivity index (χ2n) is 5.03. The molecule has 1 aliphatic rings. The van der Waals surface area contributed by atoms with Crippen LogP contribution in [0.4, 0.5) is 0 Å². The smallest absolute Gasteiger partial charge is 0.356 e. The third-order valence-corrected chi connectivity index (χ3v) is 3.72. The summed E-state index contributed by atoms with van der Waals surface area (Å²) in [6, 6.07) is 6.13. The fraction of sp³-hybridized carbons (Fsp3) is 0.333. The minimum atomic E-state index is -1.06. The van der Waals surface area contributed by atoms with Crippen molar-refractivity contribution in [3.63, 3.8) is 0 Å². The van der Waals surface area contributed by atoms with E-state index in [9.17, 15) is 4.79 Å². The van der Waals surface area contributed by atoms with E-state index in [1.165, 1.54) is 17.5 Å². The Kier molecular flexibility index (Phi) is 3.28. The SMILES string of the molecule is O=C(O)c1nn(-c2ccc3c(c2)CCC3)cc1CCO. The lowest BCUT2D eigenvalue weighted by Gasteiger charge is -2.04. The number of carboxylic acid groups (broad SMARTS) is 1. The molecule has 104 valence electrons. The summed E-state index contributed by atoms with van der Waals surface area (Å²) in [7, 11) is 0. The molecule has 1 aliphatic carbocycles. The molecule has 0 spiro atoms. The van der Waals surface area contributed by atoms with Gasteiger partial charge in [0.1, 0.15) is 0 Å². The van der Waals surface area contributed by atoms with Crippen LogP contribution in [-0.2, 0) is 19.3 Å². The third-order valence-electron chi connectivity index (χ3n) is 3.72. The number of fused-ring (bicyclic) bond motifs is 1. The molecule has 5 nitrogen and oxygen atoms in total.